The lowest BCUT2D eigenvalue weighted by Gasteiger charge is -2.38. The number of nitrogens with one attached hydrogen (secondary N) is 1. The number of hydrazine groups is 1. The molecule has 5 rings (SSSR count). The molecule has 1 aliphatic carbocycles. The second-order valence-corrected chi connectivity index (χ2v) is 9.73. The smallest absolute Gasteiger partial charge is 0.253 e. The summed E-state index contributed by atoms with van der Waals surface area (Å²) in [6, 6.07) is 15.3. The Labute approximate surface area is 206 Å². The van der Waals surface area contributed by atoms with E-state index in [1.807, 2.05) is 12.2 Å². The normalized spacial score (nSPS) is 22.0. The first-order chi connectivity index (χ1) is 17.0. The number of nitrogens with zero attached hydrogens (tertiary/aromatic N) is 3. The highest BCUT2D eigenvalue weighted by Crippen LogP contribution is 2.32. The average Bonchev–Trinajstić information content (AvgIpc) is 2.91. The minimum Gasteiger partial charge on any atom is -0.372 e. The molecule has 2 aliphatic heterocycles. The van der Waals surface area contributed by atoms with Crippen LogP contribution in [0.1, 0.15) is 48.0 Å². The van der Waals surface area contributed by atoms with Crippen LogP contribution in [0.5, 0.6) is 0 Å². The molecule has 2 heterocycles. The topological polar surface area (TPSA) is 73.0 Å². The zero-order valence-electron chi connectivity index (χ0n) is 20.2. The molecule has 7 nitrogen and oxygen atoms in total. The van der Waals surface area contributed by atoms with Crippen LogP contribution in [0.2, 0.25) is 0 Å². The SMILES string of the molecule is CN(Cc1ccc(N2CCCCC2)cc1)C(=O)c1cccc(N2NC(=O)C3CC=CCC3C2=O)c1. The van der Waals surface area contributed by atoms with Crippen LogP contribution in [0.25, 0.3) is 0 Å². The first-order valence-corrected chi connectivity index (χ1v) is 12.5. The minimum atomic E-state index is -0.358. The molecule has 0 bridgehead atoms. The summed E-state index contributed by atoms with van der Waals surface area (Å²) < 4.78 is 0. The summed E-state index contributed by atoms with van der Waals surface area (Å²) in [5.41, 5.74) is 6.01. The van der Waals surface area contributed by atoms with Crippen molar-refractivity contribution in [2.45, 2.75) is 38.6 Å². The number of amides is 3. The first kappa shape index (κ1) is 23.1. The monoisotopic (exact) mass is 472 g/mol. The predicted octanol–water partition coefficient (Wildman–Crippen LogP) is 3.91. The maximum atomic E-state index is 13.2. The zero-order valence-corrected chi connectivity index (χ0v) is 20.2. The highest BCUT2D eigenvalue weighted by atomic mass is 16.2. The molecule has 35 heavy (non-hydrogen) atoms. The van der Waals surface area contributed by atoms with Gasteiger partial charge in [0.25, 0.3) is 5.91 Å². The highest BCUT2D eigenvalue weighted by Gasteiger charge is 2.42. The van der Waals surface area contributed by atoms with E-state index in [9.17, 15) is 14.4 Å². The molecule has 3 amide bonds. The Hall–Kier alpha value is -3.61. The van der Waals surface area contributed by atoms with E-state index in [2.05, 4.69) is 34.6 Å². The van der Waals surface area contributed by atoms with Gasteiger partial charge in [-0.15, -0.1) is 0 Å². The third-order valence-corrected chi connectivity index (χ3v) is 7.30. The molecule has 0 aromatic heterocycles. The summed E-state index contributed by atoms with van der Waals surface area (Å²) in [7, 11) is 1.78. The highest BCUT2D eigenvalue weighted by molar-refractivity contribution is 6.05. The summed E-state index contributed by atoms with van der Waals surface area (Å²) in [5.74, 6) is -1.10. The number of benzene rings is 2. The van der Waals surface area contributed by atoms with Gasteiger partial charge in [0.15, 0.2) is 0 Å². The lowest BCUT2D eigenvalue weighted by atomic mass is 9.80. The number of rotatable bonds is 5. The van der Waals surface area contributed by atoms with E-state index in [0.29, 0.717) is 30.6 Å². The van der Waals surface area contributed by atoms with E-state index in [1.54, 1.807) is 36.2 Å². The molecule has 0 saturated carbocycles. The van der Waals surface area contributed by atoms with E-state index in [0.717, 1.165) is 18.7 Å². The molecule has 0 radical (unpaired) electrons. The molecule has 7 heteroatoms. The number of allylic oxidation sites excluding steroid dienone is 2. The molecule has 2 atom stereocenters. The van der Waals surface area contributed by atoms with Crippen molar-refractivity contribution >= 4 is 29.1 Å². The molecule has 2 aromatic rings. The number of carbonyl (C=O) groups is 3. The second-order valence-electron chi connectivity index (χ2n) is 9.73. The summed E-state index contributed by atoms with van der Waals surface area (Å²) >= 11 is 0. The largest absolute Gasteiger partial charge is 0.372 e. The third-order valence-electron chi connectivity index (χ3n) is 7.30. The van der Waals surface area contributed by atoms with Crippen LogP contribution < -0.4 is 15.3 Å². The molecule has 2 saturated heterocycles. The van der Waals surface area contributed by atoms with Gasteiger partial charge in [-0.1, -0.05) is 30.4 Å². The molecule has 0 spiro atoms. The van der Waals surface area contributed by atoms with Crippen molar-refractivity contribution < 1.29 is 14.4 Å². The van der Waals surface area contributed by atoms with Gasteiger partial charge in [0.1, 0.15) is 0 Å². The van der Waals surface area contributed by atoms with Crippen molar-refractivity contribution in [3.8, 4) is 0 Å². The van der Waals surface area contributed by atoms with Crippen LogP contribution in [-0.2, 0) is 16.1 Å². The van der Waals surface area contributed by atoms with E-state index in [4.69, 9.17) is 0 Å². The number of anilines is 2. The maximum absolute atomic E-state index is 13.2. The quantitative estimate of drug-likeness (QED) is 0.670. The lowest BCUT2D eigenvalue weighted by Crippen LogP contribution is -2.59. The van der Waals surface area contributed by atoms with E-state index in [1.165, 1.54) is 30.0 Å². The average molecular weight is 473 g/mol. The predicted molar refractivity (Wildman–Crippen MR) is 136 cm³/mol. The van der Waals surface area contributed by atoms with Gasteiger partial charge >= 0.3 is 0 Å². The Morgan fingerprint density at radius 2 is 1.66 bits per heavy atom. The van der Waals surface area contributed by atoms with E-state index < -0.39 is 0 Å². The van der Waals surface area contributed by atoms with Crippen molar-refractivity contribution in [1.82, 2.24) is 10.3 Å². The molecule has 182 valence electrons. The maximum Gasteiger partial charge on any atom is 0.253 e. The van der Waals surface area contributed by atoms with E-state index >= 15 is 0 Å². The number of hydrogen-bond acceptors (Lipinski definition) is 4. The van der Waals surface area contributed by atoms with Gasteiger partial charge in [0.2, 0.25) is 11.8 Å². The number of hydrogen-bond donors (Lipinski definition) is 1. The van der Waals surface area contributed by atoms with Gasteiger partial charge in [0, 0.05) is 37.9 Å². The van der Waals surface area contributed by atoms with Gasteiger partial charge in [-0.05, 0) is 68.0 Å². The molecule has 3 aliphatic rings. The molecular formula is C28H32N4O3. The third kappa shape index (κ3) is 4.81. The van der Waals surface area contributed by atoms with Crippen LogP contribution in [-0.4, -0.2) is 42.8 Å². The molecule has 2 fully saturated rings. The van der Waals surface area contributed by atoms with Crippen LogP contribution in [0.4, 0.5) is 11.4 Å². The van der Waals surface area contributed by atoms with Crippen molar-refractivity contribution in [1.29, 1.82) is 0 Å². The number of piperidine rings is 1. The van der Waals surface area contributed by atoms with Crippen LogP contribution in [0.3, 0.4) is 0 Å². The minimum absolute atomic E-state index is 0.134. The van der Waals surface area contributed by atoms with Crippen molar-refractivity contribution in [2.24, 2.45) is 11.8 Å². The molecular weight excluding hydrogens is 440 g/mol. The van der Waals surface area contributed by atoms with Gasteiger partial charge in [-0.3, -0.25) is 19.8 Å². The Balaban J connectivity index is 1.26. The van der Waals surface area contributed by atoms with Gasteiger partial charge < -0.3 is 9.80 Å². The number of fused-ring (bicyclic) bond motifs is 1. The fourth-order valence-electron chi connectivity index (χ4n) is 5.29. The van der Waals surface area contributed by atoms with Gasteiger partial charge in [0.05, 0.1) is 17.5 Å². The van der Waals surface area contributed by atoms with Gasteiger partial charge in [-0.25, -0.2) is 5.01 Å². The lowest BCUT2D eigenvalue weighted by molar-refractivity contribution is -0.139. The van der Waals surface area contributed by atoms with Crippen LogP contribution >= 0.6 is 0 Å². The molecule has 1 N–H and O–H groups in total. The summed E-state index contributed by atoms with van der Waals surface area (Å²) in [6.07, 6.45) is 8.85. The first-order valence-electron chi connectivity index (χ1n) is 12.5. The summed E-state index contributed by atoms with van der Waals surface area (Å²) in [5, 5.41) is 1.30. The van der Waals surface area contributed by atoms with E-state index in [-0.39, 0.29) is 29.6 Å². The fourth-order valence-corrected chi connectivity index (χ4v) is 5.29. The van der Waals surface area contributed by atoms with Gasteiger partial charge in [-0.2, -0.15) is 0 Å². The van der Waals surface area contributed by atoms with Crippen LogP contribution in [0.15, 0.2) is 60.7 Å². The Morgan fingerprint density at radius 1 is 0.943 bits per heavy atom. The van der Waals surface area contributed by atoms with Crippen molar-refractivity contribution in [3.05, 3.63) is 71.8 Å². The van der Waals surface area contributed by atoms with Crippen molar-refractivity contribution in [3.63, 3.8) is 0 Å². The summed E-state index contributed by atoms with van der Waals surface area (Å²) in [4.78, 5) is 43.0. The summed E-state index contributed by atoms with van der Waals surface area (Å²) in [6.45, 7) is 2.69. The second kappa shape index (κ2) is 9.94. The Kier molecular flexibility index (Phi) is 6.57. The molecule has 2 unspecified atom stereocenters. The fraction of sp³-hybridized carbons (Fsp3) is 0.393. The number of carbonyl (C=O) groups excluding carboxylic acids is 3. The molecule has 2 aromatic carbocycles. The Morgan fingerprint density at radius 3 is 2.40 bits per heavy atom. The van der Waals surface area contributed by atoms with Crippen molar-refractivity contribution in [2.75, 3.05) is 30.0 Å². The Bertz CT molecular complexity index is 1140. The zero-order chi connectivity index (χ0) is 24.4. The van der Waals surface area contributed by atoms with Crippen LogP contribution in [0, 0.1) is 11.8 Å². The standard InChI is InChI=1S/C28H32N4O3/c1-30(19-20-12-14-22(15-13-20)31-16-5-2-6-17-31)27(34)21-8-7-9-23(18-21)32-28(35)25-11-4-3-10-24(25)26(33)29-32/h3-4,7-9,12-15,18,24-25H,2,5-6,10-11,16-17,19H2,1H3,(H,29,33).